The van der Waals surface area contributed by atoms with Crippen molar-refractivity contribution in [2.24, 2.45) is 0 Å². The molecular formula is C20H24N4O3. The van der Waals surface area contributed by atoms with E-state index in [1.807, 2.05) is 31.2 Å². The van der Waals surface area contributed by atoms with Crippen molar-refractivity contribution in [2.75, 3.05) is 18.4 Å². The Bertz CT molecular complexity index is 899. The van der Waals surface area contributed by atoms with Gasteiger partial charge in [0.2, 0.25) is 5.91 Å². The van der Waals surface area contributed by atoms with Gasteiger partial charge in [0.15, 0.2) is 17.3 Å². The first-order valence-corrected chi connectivity index (χ1v) is 9.47. The molecule has 1 aromatic carbocycles. The van der Waals surface area contributed by atoms with Crippen molar-refractivity contribution in [3.8, 4) is 0 Å². The Labute approximate surface area is 157 Å². The SMILES string of the molecule is CC[C@H](C(=O)Nc1cc(C)on1)N1CCC[C@@H](c2nc3ccccc3o2)C1. The number of nitrogens with one attached hydrogen (secondary N) is 1. The minimum Gasteiger partial charge on any atom is -0.440 e. The summed E-state index contributed by atoms with van der Waals surface area (Å²) in [6.07, 6.45) is 2.75. The first-order valence-electron chi connectivity index (χ1n) is 9.47. The largest absolute Gasteiger partial charge is 0.440 e. The molecule has 1 amide bonds. The Morgan fingerprint density at radius 1 is 1.41 bits per heavy atom. The molecule has 0 aliphatic carbocycles. The van der Waals surface area contributed by atoms with E-state index in [4.69, 9.17) is 8.94 Å². The summed E-state index contributed by atoms with van der Waals surface area (Å²) in [4.78, 5) is 19.6. The minimum absolute atomic E-state index is 0.0518. The van der Waals surface area contributed by atoms with Gasteiger partial charge < -0.3 is 14.3 Å². The number of carbonyl (C=O) groups excluding carboxylic acids is 1. The lowest BCUT2D eigenvalue weighted by molar-refractivity contribution is -0.122. The number of nitrogens with zero attached hydrogens (tertiary/aromatic N) is 3. The van der Waals surface area contributed by atoms with Gasteiger partial charge in [-0.25, -0.2) is 4.98 Å². The summed E-state index contributed by atoms with van der Waals surface area (Å²) in [5.41, 5.74) is 1.70. The number of aryl methyl sites for hydroxylation is 1. The summed E-state index contributed by atoms with van der Waals surface area (Å²) in [5.74, 6) is 2.05. The quantitative estimate of drug-likeness (QED) is 0.739. The van der Waals surface area contributed by atoms with Gasteiger partial charge in [0.1, 0.15) is 11.3 Å². The zero-order chi connectivity index (χ0) is 18.8. The van der Waals surface area contributed by atoms with E-state index in [1.165, 1.54) is 0 Å². The van der Waals surface area contributed by atoms with Gasteiger partial charge in [-0.05, 0) is 44.9 Å². The van der Waals surface area contributed by atoms with Crippen LogP contribution in [0, 0.1) is 6.92 Å². The number of anilines is 1. The number of carbonyl (C=O) groups is 1. The molecule has 0 radical (unpaired) electrons. The number of para-hydroxylation sites is 2. The van der Waals surface area contributed by atoms with Crippen molar-refractivity contribution >= 4 is 22.8 Å². The molecule has 0 bridgehead atoms. The van der Waals surface area contributed by atoms with Crippen molar-refractivity contribution in [2.45, 2.75) is 45.1 Å². The third-order valence-corrected chi connectivity index (χ3v) is 5.12. The molecule has 2 aromatic heterocycles. The molecular weight excluding hydrogens is 344 g/mol. The molecule has 3 heterocycles. The maximum absolute atomic E-state index is 12.8. The van der Waals surface area contributed by atoms with Crippen LogP contribution < -0.4 is 5.32 Å². The van der Waals surface area contributed by atoms with Crippen molar-refractivity contribution in [1.29, 1.82) is 0 Å². The smallest absolute Gasteiger partial charge is 0.242 e. The number of amides is 1. The number of likely N-dealkylation sites (tertiary alicyclic amines) is 1. The molecule has 1 N–H and O–H groups in total. The number of fused-ring (bicyclic) bond motifs is 1. The van der Waals surface area contributed by atoms with E-state index in [0.717, 1.165) is 49.3 Å². The first kappa shape index (κ1) is 17.7. The van der Waals surface area contributed by atoms with Crippen molar-refractivity contribution in [3.05, 3.63) is 42.0 Å². The summed E-state index contributed by atoms with van der Waals surface area (Å²) in [6, 6.07) is 9.33. The van der Waals surface area contributed by atoms with Crippen LogP contribution in [0.25, 0.3) is 11.1 Å². The van der Waals surface area contributed by atoms with E-state index in [9.17, 15) is 4.79 Å². The predicted octanol–water partition coefficient (Wildman–Crippen LogP) is 3.72. The van der Waals surface area contributed by atoms with Crippen LogP contribution in [0.4, 0.5) is 5.82 Å². The normalized spacial score (nSPS) is 19.3. The number of hydrogen-bond acceptors (Lipinski definition) is 6. The van der Waals surface area contributed by atoms with Crippen LogP contribution in [0.15, 0.2) is 39.3 Å². The van der Waals surface area contributed by atoms with Crippen LogP contribution in [-0.4, -0.2) is 40.1 Å². The average Bonchev–Trinajstić information content (AvgIpc) is 3.28. The van der Waals surface area contributed by atoms with Gasteiger partial charge in [-0.1, -0.05) is 24.2 Å². The molecule has 27 heavy (non-hydrogen) atoms. The predicted molar refractivity (Wildman–Crippen MR) is 102 cm³/mol. The Hall–Kier alpha value is -2.67. The molecule has 142 valence electrons. The highest BCUT2D eigenvalue weighted by molar-refractivity contribution is 5.94. The topological polar surface area (TPSA) is 84.4 Å². The standard InChI is InChI=1S/C20H24N4O3/c1-3-16(19(25)22-18-11-13(2)27-23-18)24-10-6-7-14(12-24)20-21-15-8-4-5-9-17(15)26-20/h4-5,8-9,11,14,16H,3,6-7,10,12H2,1-2H3,(H,22,23,25)/t14-,16-/m1/s1. The molecule has 7 heteroatoms. The van der Waals surface area contributed by atoms with Gasteiger partial charge in [0.05, 0.1) is 6.04 Å². The molecule has 0 spiro atoms. The van der Waals surface area contributed by atoms with E-state index < -0.39 is 0 Å². The first-order chi connectivity index (χ1) is 13.1. The van der Waals surface area contributed by atoms with Crippen molar-refractivity contribution in [3.63, 3.8) is 0 Å². The molecule has 1 aliphatic heterocycles. The van der Waals surface area contributed by atoms with Crippen LogP contribution in [0.2, 0.25) is 0 Å². The number of aromatic nitrogens is 2. The van der Waals surface area contributed by atoms with Crippen LogP contribution in [0.3, 0.4) is 0 Å². The van der Waals surface area contributed by atoms with Crippen LogP contribution in [0.5, 0.6) is 0 Å². The third kappa shape index (κ3) is 3.73. The van der Waals surface area contributed by atoms with E-state index in [2.05, 4.69) is 20.4 Å². The van der Waals surface area contributed by atoms with Crippen LogP contribution in [-0.2, 0) is 4.79 Å². The molecule has 2 atom stereocenters. The highest BCUT2D eigenvalue weighted by atomic mass is 16.5. The van der Waals surface area contributed by atoms with Gasteiger partial charge >= 0.3 is 0 Å². The Kier molecular flexibility index (Phi) is 4.94. The van der Waals surface area contributed by atoms with E-state index >= 15 is 0 Å². The second kappa shape index (κ2) is 7.52. The summed E-state index contributed by atoms with van der Waals surface area (Å²) in [7, 11) is 0. The highest BCUT2D eigenvalue weighted by Gasteiger charge is 2.32. The average molecular weight is 368 g/mol. The summed E-state index contributed by atoms with van der Waals surface area (Å²) in [5, 5.41) is 6.72. The lowest BCUT2D eigenvalue weighted by Gasteiger charge is -2.36. The van der Waals surface area contributed by atoms with Crippen LogP contribution >= 0.6 is 0 Å². The lowest BCUT2D eigenvalue weighted by Crippen LogP contribution is -2.48. The maximum Gasteiger partial charge on any atom is 0.242 e. The fourth-order valence-corrected chi connectivity index (χ4v) is 3.80. The zero-order valence-corrected chi connectivity index (χ0v) is 15.6. The molecule has 0 saturated carbocycles. The number of rotatable bonds is 5. The van der Waals surface area contributed by atoms with Gasteiger partial charge in [0.25, 0.3) is 0 Å². The number of hydrogen-bond donors (Lipinski definition) is 1. The number of oxazole rings is 1. The molecule has 0 unspecified atom stereocenters. The van der Waals surface area contributed by atoms with E-state index in [0.29, 0.717) is 11.6 Å². The Balaban J connectivity index is 1.47. The Morgan fingerprint density at radius 2 is 2.26 bits per heavy atom. The maximum atomic E-state index is 12.8. The molecule has 1 aliphatic rings. The third-order valence-electron chi connectivity index (χ3n) is 5.12. The summed E-state index contributed by atoms with van der Waals surface area (Å²) in [6.45, 7) is 5.48. The monoisotopic (exact) mass is 368 g/mol. The second-order valence-corrected chi connectivity index (χ2v) is 7.09. The van der Waals surface area contributed by atoms with Gasteiger partial charge in [-0.15, -0.1) is 0 Å². The number of benzene rings is 1. The fraction of sp³-hybridized carbons (Fsp3) is 0.450. The molecule has 1 fully saturated rings. The Morgan fingerprint density at radius 3 is 3.00 bits per heavy atom. The van der Waals surface area contributed by atoms with Crippen molar-refractivity contribution < 1.29 is 13.7 Å². The summed E-state index contributed by atoms with van der Waals surface area (Å²) >= 11 is 0. The highest BCUT2D eigenvalue weighted by Crippen LogP contribution is 2.30. The second-order valence-electron chi connectivity index (χ2n) is 7.09. The van der Waals surface area contributed by atoms with E-state index in [-0.39, 0.29) is 17.9 Å². The minimum atomic E-state index is -0.214. The molecule has 1 saturated heterocycles. The zero-order valence-electron chi connectivity index (χ0n) is 15.6. The van der Waals surface area contributed by atoms with Gasteiger partial charge in [0, 0.05) is 18.5 Å². The van der Waals surface area contributed by atoms with Crippen molar-refractivity contribution in [1.82, 2.24) is 15.0 Å². The van der Waals surface area contributed by atoms with E-state index in [1.54, 1.807) is 13.0 Å². The van der Waals surface area contributed by atoms with Gasteiger partial charge in [-0.2, -0.15) is 0 Å². The molecule has 3 aromatic rings. The molecule has 4 rings (SSSR count). The summed E-state index contributed by atoms with van der Waals surface area (Å²) < 4.78 is 11.0. The number of piperidine rings is 1. The fourth-order valence-electron chi connectivity index (χ4n) is 3.80. The molecule has 7 nitrogen and oxygen atoms in total. The van der Waals surface area contributed by atoms with Gasteiger partial charge in [-0.3, -0.25) is 9.69 Å². The lowest BCUT2D eigenvalue weighted by atomic mass is 9.96. The van der Waals surface area contributed by atoms with Crippen LogP contribution in [0.1, 0.15) is 43.8 Å².